The normalized spacial score (nSPS) is 12.5. The molecular formula is C12H12N2O4. The Labute approximate surface area is 102 Å². The van der Waals surface area contributed by atoms with Crippen molar-refractivity contribution in [2.75, 3.05) is 0 Å². The lowest BCUT2D eigenvalue weighted by molar-refractivity contribution is -0.138. The Morgan fingerprint density at radius 3 is 2.78 bits per heavy atom. The van der Waals surface area contributed by atoms with Gasteiger partial charge in [0, 0.05) is 22.9 Å². The lowest BCUT2D eigenvalue weighted by Gasteiger charge is -2.07. The number of hydrogen-bond donors (Lipinski definition) is 4. The second kappa shape index (κ2) is 4.50. The lowest BCUT2D eigenvalue weighted by Crippen LogP contribution is -2.34. The van der Waals surface area contributed by atoms with E-state index in [0.717, 1.165) is 0 Å². The second-order valence-electron chi connectivity index (χ2n) is 4.04. The highest BCUT2D eigenvalue weighted by Crippen LogP contribution is 2.17. The SMILES string of the molecule is NC(Cc1cc2cc(O)ccc2[nH]c1=O)C(=O)O. The molecule has 1 aromatic heterocycles. The Kier molecular flexibility index (Phi) is 3.03. The summed E-state index contributed by atoms with van der Waals surface area (Å²) in [5.41, 5.74) is 5.87. The van der Waals surface area contributed by atoms with Gasteiger partial charge < -0.3 is 20.9 Å². The summed E-state index contributed by atoms with van der Waals surface area (Å²) in [5.74, 6) is -1.09. The number of rotatable bonds is 3. The standard InChI is InChI=1S/C12H12N2O4/c13-9(12(17)18)5-7-3-6-4-8(15)1-2-10(6)14-11(7)16/h1-4,9,15H,5,13H2,(H,14,16)(H,17,18). The van der Waals surface area contributed by atoms with E-state index in [9.17, 15) is 14.7 Å². The maximum atomic E-state index is 11.7. The monoisotopic (exact) mass is 248 g/mol. The predicted molar refractivity (Wildman–Crippen MR) is 65.5 cm³/mol. The number of fused-ring (bicyclic) bond motifs is 1. The number of aromatic hydroxyl groups is 1. The van der Waals surface area contributed by atoms with Crippen molar-refractivity contribution in [3.8, 4) is 5.75 Å². The number of carboxylic acid groups (broad SMARTS) is 1. The zero-order valence-electron chi connectivity index (χ0n) is 9.38. The van der Waals surface area contributed by atoms with Crippen LogP contribution < -0.4 is 11.3 Å². The Bertz CT molecular complexity index is 663. The van der Waals surface area contributed by atoms with Gasteiger partial charge in [0.15, 0.2) is 0 Å². The van der Waals surface area contributed by atoms with Gasteiger partial charge in [0.2, 0.25) is 0 Å². The zero-order valence-corrected chi connectivity index (χ0v) is 9.38. The summed E-state index contributed by atoms with van der Waals surface area (Å²) in [5, 5.41) is 18.7. The van der Waals surface area contributed by atoms with Crippen LogP contribution in [0.2, 0.25) is 0 Å². The Balaban J connectivity index is 2.48. The number of benzene rings is 1. The van der Waals surface area contributed by atoms with Crippen molar-refractivity contribution in [1.82, 2.24) is 4.98 Å². The third-order valence-corrected chi connectivity index (χ3v) is 2.66. The van der Waals surface area contributed by atoms with Crippen molar-refractivity contribution < 1.29 is 15.0 Å². The van der Waals surface area contributed by atoms with E-state index in [2.05, 4.69) is 4.98 Å². The number of hydrogen-bond acceptors (Lipinski definition) is 4. The molecule has 1 heterocycles. The first-order valence-corrected chi connectivity index (χ1v) is 5.30. The molecule has 0 aliphatic carbocycles. The van der Waals surface area contributed by atoms with E-state index < -0.39 is 12.0 Å². The number of carboxylic acids is 1. The van der Waals surface area contributed by atoms with Crippen LogP contribution in [0.5, 0.6) is 5.75 Å². The molecule has 2 rings (SSSR count). The van der Waals surface area contributed by atoms with Crippen LogP contribution in [0.15, 0.2) is 29.1 Å². The van der Waals surface area contributed by atoms with Crippen molar-refractivity contribution in [2.45, 2.75) is 12.5 Å². The minimum Gasteiger partial charge on any atom is -0.508 e. The molecule has 1 atom stereocenters. The van der Waals surface area contributed by atoms with E-state index in [1.54, 1.807) is 6.07 Å². The van der Waals surface area contributed by atoms with Gasteiger partial charge in [-0.3, -0.25) is 9.59 Å². The summed E-state index contributed by atoms with van der Waals surface area (Å²) >= 11 is 0. The number of aromatic amines is 1. The molecule has 18 heavy (non-hydrogen) atoms. The van der Waals surface area contributed by atoms with Crippen LogP contribution in [0.4, 0.5) is 0 Å². The van der Waals surface area contributed by atoms with E-state index in [1.807, 2.05) is 0 Å². The number of nitrogens with one attached hydrogen (secondary N) is 1. The minimum atomic E-state index is -1.16. The molecule has 5 N–H and O–H groups in total. The van der Waals surface area contributed by atoms with Gasteiger partial charge in [-0.15, -0.1) is 0 Å². The molecule has 0 amide bonds. The van der Waals surface area contributed by atoms with E-state index in [4.69, 9.17) is 10.8 Å². The van der Waals surface area contributed by atoms with Crippen molar-refractivity contribution >= 4 is 16.9 Å². The minimum absolute atomic E-state index is 0.0593. The fourth-order valence-corrected chi connectivity index (χ4v) is 1.72. The molecule has 0 saturated heterocycles. The summed E-state index contributed by atoms with van der Waals surface area (Å²) in [6.07, 6.45) is -0.0593. The zero-order chi connectivity index (χ0) is 13.3. The van der Waals surface area contributed by atoms with Crippen LogP contribution in [0, 0.1) is 0 Å². The van der Waals surface area contributed by atoms with Gasteiger partial charge in [-0.2, -0.15) is 0 Å². The molecule has 0 aliphatic heterocycles. The number of phenolic OH excluding ortho intramolecular Hbond substituents is 1. The van der Waals surface area contributed by atoms with Crippen molar-refractivity contribution in [3.05, 3.63) is 40.2 Å². The Morgan fingerprint density at radius 1 is 1.39 bits per heavy atom. The van der Waals surface area contributed by atoms with E-state index in [-0.39, 0.29) is 23.3 Å². The highest BCUT2D eigenvalue weighted by atomic mass is 16.4. The van der Waals surface area contributed by atoms with E-state index in [1.165, 1.54) is 18.2 Å². The highest BCUT2D eigenvalue weighted by molar-refractivity contribution is 5.80. The molecule has 0 aliphatic rings. The van der Waals surface area contributed by atoms with Crippen molar-refractivity contribution in [2.24, 2.45) is 5.73 Å². The molecule has 1 unspecified atom stereocenters. The first-order valence-electron chi connectivity index (χ1n) is 5.30. The second-order valence-corrected chi connectivity index (χ2v) is 4.04. The summed E-state index contributed by atoms with van der Waals surface area (Å²) in [6.45, 7) is 0. The molecule has 0 spiro atoms. The number of phenols is 1. The van der Waals surface area contributed by atoms with Crippen LogP contribution in [-0.2, 0) is 11.2 Å². The molecule has 1 aromatic carbocycles. The van der Waals surface area contributed by atoms with Crippen LogP contribution in [0.1, 0.15) is 5.56 Å². The predicted octanol–water partition coefficient (Wildman–Crippen LogP) is 0.188. The average molecular weight is 248 g/mol. The molecule has 94 valence electrons. The number of pyridine rings is 1. The van der Waals surface area contributed by atoms with Gasteiger partial charge in [-0.1, -0.05) is 0 Å². The van der Waals surface area contributed by atoms with E-state index in [0.29, 0.717) is 10.9 Å². The molecular weight excluding hydrogens is 236 g/mol. The lowest BCUT2D eigenvalue weighted by atomic mass is 10.1. The molecule has 0 radical (unpaired) electrons. The summed E-state index contributed by atoms with van der Waals surface area (Å²) < 4.78 is 0. The average Bonchev–Trinajstić information content (AvgIpc) is 2.30. The van der Waals surface area contributed by atoms with Crippen LogP contribution in [0.25, 0.3) is 10.9 Å². The van der Waals surface area contributed by atoms with E-state index >= 15 is 0 Å². The molecule has 0 fully saturated rings. The van der Waals surface area contributed by atoms with Gasteiger partial charge in [0.1, 0.15) is 11.8 Å². The number of aromatic nitrogens is 1. The summed E-state index contributed by atoms with van der Waals surface area (Å²) in [6, 6.07) is 4.94. The largest absolute Gasteiger partial charge is 0.508 e. The number of nitrogens with two attached hydrogens (primary N) is 1. The topological polar surface area (TPSA) is 116 Å². The van der Waals surface area contributed by atoms with Crippen molar-refractivity contribution in [3.63, 3.8) is 0 Å². The van der Waals surface area contributed by atoms with Gasteiger partial charge in [0.05, 0.1) is 0 Å². The quantitative estimate of drug-likeness (QED) is 0.618. The Hall–Kier alpha value is -2.34. The van der Waals surface area contributed by atoms with Crippen LogP contribution >= 0.6 is 0 Å². The maximum absolute atomic E-state index is 11.7. The van der Waals surface area contributed by atoms with Crippen LogP contribution in [-0.4, -0.2) is 27.2 Å². The number of carbonyl (C=O) groups is 1. The maximum Gasteiger partial charge on any atom is 0.320 e. The molecule has 2 aromatic rings. The van der Waals surface area contributed by atoms with Crippen molar-refractivity contribution in [1.29, 1.82) is 0 Å². The molecule has 0 bridgehead atoms. The first-order chi connectivity index (χ1) is 8.47. The summed E-state index contributed by atoms with van der Waals surface area (Å²) in [4.78, 5) is 25.0. The van der Waals surface area contributed by atoms with Gasteiger partial charge in [0.25, 0.3) is 5.56 Å². The molecule has 0 saturated carbocycles. The third kappa shape index (κ3) is 2.33. The fraction of sp³-hybridized carbons (Fsp3) is 0.167. The molecule has 6 heteroatoms. The fourth-order valence-electron chi connectivity index (χ4n) is 1.72. The number of aliphatic carboxylic acids is 1. The van der Waals surface area contributed by atoms with Gasteiger partial charge in [-0.05, 0) is 24.3 Å². The van der Waals surface area contributed by atoms with Gasteiger partial charge >= 0.3 is 5.97 Å². The smallest absolute Gasteiger partial charge is 0.320 e. The van der Waals surface area contributed by atoms with Crippen LogP contribution in [0.3, 0.4) is 0 Å². The summed E-state index contributed by atoms with van der Waals surface area (Å²) in [7, 11) is 0. The Morgan fingerprint density at radius 2 is 2.11 bits per heavy atom. The first kappa shape index (κ1) is 12.1. The molecule has 6 nitrogen and oxygen atoms in total. The highest BCUT2D eigenvalue weighted by Gasteiger charge is 2.14. The third-order valence-electron chi connectivity index (χ3n) is 2.66. The number of H-pyrrole nitrogens is 1. The van der Waals surface area contributed by atoms with Gasteiger partial charge in [-0.25, -0.2) is 0 Å².